The average molecular weight is 296 g/mol. The van der Waals surface area contributed by atoms with Crippen molar-refractivity contribution in [1.29, 1.82) is 0 Å². The van der Waals surface area contributed by atoms with E-state index >= 15 is 0 Å². The zero-order valence-electron chi connectivity index (χ0n) is 12.6. The number of hydrogen-bond acceptors (Lipinski definition) is 2. The fourth-order valence-corrected chi connectivity index (χ4v) is 3.86. The van der Waals surface area contributed by atoms with Gasteiger partial charge in [-0.15, -0.1) is 0 Å². The smallest absolute Gasteiger partial charge is 0.121 e. The van der Waals surface area contributed by atoms with Gasteiger partial charge < -0.3 is 10.4 Å². The van der Waals surface area contributed by atoms with Crippen molar-refractivity contribution in [1.82, 2.24) is 5.32 Å². The van der Waals surface area contributed by atoms with Crippen LogP contribution in [0.5, 0.6) is 5.75 Å². The summed E-state index contributed by atoms with van der Waals surface area (Å²) in [6, 6.07) is 5.30. The number of aromatic hydroxyl groups is 1. The molecule has 0 radical (unpaired) electrons. The fraction of sp³-hybridized carbons (Fsp3) is 0.647. The van der Waals surface area contributed by atoms with Crippen LogP contribution in [0.3, 0.4) is 0 Å². The molecule has 1 aliphatic rings. The molecule has 0 amide bonds. The Morgan fingerprint density at radius 1 is 1.30 bits per heavy atom. The number of rotatable bonds is 6. The summed E-state index contributed by atoms with van der Waals surface area (Å²) in [5.41, 5.74) is 1.26. The van der Waals surface area contributed by atoms with E-state index < -0.39 is 0 Å². The quantitative estimate of drug-likeness (QED) is 0.794. The molecule has 2 nitrogen and oxygen atoms in total. The molecule has 0 aromatic heterocycles. The fourth-order valence-electron chi connectivity index (χ4n) is 3.62. The molecule has 1 aromatic carbocycles. The first-order valence-electron chi connectivity index (χ1n) is 7.69. The Labute approximate surface area is 127 Å². The topological polar surface area (TPSA) is 32.3 Å². The van der Waals surface area contributed by atoms with Gasteiger partial charge in [-0.2, -0.15) is 0 Å². The minimum absolute atomic E-state index is 0.286. The van der Waals surface area contributed by atoms with Crippen molar-refractivity contribution in [3.63, 3.8) is 0 Å². The van der Waals surface area contributed by atoms with Crippen LogP contribution in [0.15, 0.2) is 18.2 Å². The molecule has 0 unspecified atom stereocenters. The first kappa shape index (κ1) is 15.7. The number of phenols is 1. The van der Waals surface area contributed by atoms with E-state index in [1.54, 1.807) is 12.1 Å². The molecular weight excluding hydrogens is 270 g/mol. The molecule has 0 heterocycles. The third-order valence-electron chi connectivity index (χ3n) is 4.40. The summed E-state index contributed by atoms with van der Waals surface area (Å²) in [7, 11) is 0. The highest BCUT2D eigenvalue weighted by Crippen LogP contribution is 2.42. The zero-order valence-corrected chi connectivity index (χ0v) is 13.3. The zero-order chi connectivity index (χ0) is 14.6. The van der Waals surface area contributed by atoms with Crippen molar-refractivity contribution in [2.75, 3.05) is 6.54 Å². The van der Waals surface area contributed by atoms with Crippen LogP contribution < -0.4 is 5.32 Å². The van der Waals surface area contributed by atoms with Crippen LogP contribution in [-0.2, 0) is 6.54 Å². The lowest BCUT2D eigenvalue weighted by atomic mass is 9.78. The second-order valence-corrected chi connectivity index (χ2v) is 7.05. The van der Waals surface area contributed by atoms with Gasteiger partial charge in [0.15, 0.2) is 0 Å². The van der Waals surface area contributed by atoms with E-state index in [0.29, 0.717) is 17.0 Å². The van der Waals surface area contributed by atoms with Crippen LogP contribution in [0.1, 0.15) is 51.5 Å². The summed E-state index contributed by atoms with van der Waals surface area (Å²) in [6.45, 7) is 6.28. The van der Waals surface area contributed by atoms with E-state index in [1.165, 1.54) is 32.1 Å². The van der Waals surface area contributed by atoms with Crippen molar-refractivity contribution in [2.45, 2.75) is 52.5 Å². The summed E-state index contributed by atoms with van der Waals surface area (Å²) in [5.74, 6) is 1.03. The lowest BCUT2D eigenvalue weighted by Crippen LogP contribution is -2.33. The van der Waals surface area contributed by atoms with Crippen molar-refractivity contribution in [3.05, 3.63) is 28.8 Å². The van der Waals surface area contributed by atoms with Gasteiger partial charge in [-0.05, 0) is 42.7 Å². The molecule has 0 bridgehead atoms. The molecule has 20 heavy (non-hydrogen) atoms. The number of phenolic OH excluding ortho intramolecular Hbond substituents is 1. The van der Waals surface area contributed by atoms with Crippen molar-refractivity contribution in [3.8, 4) is 5.75 Å². The SMILES string of the molecule is CC(C)CC1(CNCc2c(O)cccc2Cl)CCCC1. The van der Waals surface area contributed by atoms with Crippen LogP contribution >= 0.6 is 11.6 Å². The molecule has 0 atom stereocenters. The monoisotopic (exact) mass is 295 g/mol. The van der Waals surface area contributed by atoms with Crippen molar-refractivity contribution >= 4 is 11.6 Å². The predicted octanol–water partition coefficient (Wildman–Crippen LogP) is 4.74. The van der Waals surface area contributed by atoms with Gasteiger partial charge in [0.2, 0.25) is 0 Å². The van der Waals surface area contributed by atoms with Gasteiger partial charge in [-0.1, -0.05) is 44.4 Å². The highest BCUT2D eigenvalue weighted by Gasteiger charge is 2.33. The first-order chi connectivity index (χ1) is 9.52. The number of hydrogen-bond donors (Lipinski definition) is 2. The summed E-state index contributed by atoms with van der Waals surface area (Å²) < 4.78 is 0. The van der Waals surface area contributed by atoms with Crippen LogP contribution in [0.25, 0.3) is 0 Å². The van der Waals surface area contributed by atoms with Crippen LogP contribution in [0.4, 0.5) is 0 Å². The first-order valence-corrected chi connectivity index (χ1v) is 8.07. The molecule has 0 saturated heterocycles. The highest BCUT2D eigenvalue weighted by molar-refractivity contribution is 6.31. The Kier molecular flexibility index (Phi) is 5.34. The van der Waals surface area contributed by atoms with E-state index in [2.05, 4.69) is 19.2 Å². The molecule has 1 fully saturated rings. The minimum Gasteiger partial charge on any atom is -0.508 e. The van der Waals surface area contributed by atoms with E-state index in [-0.39, 0.29) is 5.75 Å². The molecule has 1 aliphatic carbocycles. The molecule has 3 heteroatoms. The second-order valence-electron chi connectivity index (χ2n) is 6.65. The van der Waals surface area contributed by atoms with Gasteiger partial charge in [-0.3, -0.25) is 0 Å². The third kappa shape index (κ3) is 3.89. The molecule has 2 rings (SSSR count). The summed E-state index contributed by atoms with van der Waals surface area (Å²) in [5, 5.41) is 14.0. The Balaban J connectivity index is 1.94. The van der Waals surface area contributed by atoms with Gasteiger partial charge >= 0.3 is 0 Å². The van der Waals surface area contributed by atoms with E-state index in [0.717, 1.165) is 18.0 Å². The molecular formula is C17H26ClNO. The molecule has 2 N–H and O–H groups in total. The summed E-state index contributed by atoms with van der Waals surface area (Å²) in [6.07, 6.45) is 6.64. The maximum atomic E-state index is 9.87. The van der Waals surface area contributed by atoms with Gasteiger partial charge in [0.1, 0.15) is 5.75 Å². The van der Waals surface area contributed by atoms with Crippen LogP contribution in [-0.4, -0.2) is 11.7 Å². The Morgan fingerprint density at radius 2 is 2.00 bits per heavy atom. The van der Waals surface area contributed by atoms with E-state index in [1.807, 2.05) is 6.07 Å². The molecule has 112 valence electrons. The molecule has 0 aliphatic heterocycles. The van der Waals surface area contributed by atoms with Crippen molar-refractivity contribution in [2.24, 2.45) is 11.3 Å². The molecule has 1 aromatic rings. The summed E-state index contributed by atoms with van der Waals surface area (Å²) >= 11 is 6.14. The van der Waals surface area contributed by atoms with Crippen molar-refractivity contribution < 1.29 is 5.11 Å². The normalized spacial score (nSPS) is 17.8. The lowest BCUT2D eigenvalue weighted by molar-refractivity contribution is 0.223. The number of nitrogens with one attached hydrogen (secondary N) is 1. The van der Waals surface area contributed by atoms with Gasteiger partial charge in [0, 0.05) is 23.7 Å². The molecule has 0 spiro atoms. The second kappa shape index (κ2) is 6.82. The van der Waals surface area contributed by atoms with E-state index in [4.69, 9.17) is 11.6 Å². The maximum absolute atomic E-state index is 9.87. The maximum Gasteiger partial charge on any atom is 0.121 e. The summed E-state index contributed by atoms with van der Waals surface area (Å²) in [4.78, 5) is 0. The Hall–Kier alpha value is -0.730. The third-order valence-corrected chi connectivity index (χ3v) is 4.76. The minimum atomic E-state index is 0.286. The predicted molar refractivity (Wildman–Crippen MR) is 85.2 cm³/mol. The van der Waals surface area contributed by atoms with E-state index in [9.17, 15) is 5.11 Å². The van der Waals surface area contributed by atoms with Gasteiger partial charge in [-0.25, -0.2) is 0 Å². The highest BCUT2D eigenvalue weighted by atomic mass is 35.5. The van der Waals surface area contributed by atoms with Gasteiger partial charge in [0.05, 0.1) is 0 Å². The average Bonchev–Trinajstić information content (AvgIpc) is 2.81. The van der Waals surface area contributed by atoms with Crippen LogP contribution in [0.2, 0.25) is 5.02 Å². The number of halogens is 1. The van der Waals surface area contributed by atoms with Gasteiger partial charge in [0.25, 0.3) is 0 Å². The Morgan fingerprint density at radius 3 is 2.60 bits per heavy atom. The molecule has 1 saturated carbocycles. The largest absolute Gasteiger partial charge is 0.508 e. The standard InChI is InChI=1S/C17H26ClNO/c1-13(2)10-17(8-3-4-9-17)12-19-11-14-15(18)6-5-7-16(14)20/h5-7,13,19-20H,3-4,8-12H2,1-2H3. The van der Waals surface area contributed by atoms with Crippen LogP contribution in [0, 0.1) is 11.3 Å². The number of benzene rings is 1. The lowest BCUT2D eigenvalue weighted by Gasteiger charge is -2.31. The Bertz CT molecular complexity index is 418.